The first-order valence-electron chi connectivity index (χ1n) is 12.3. The summed E-state index contributed by atoms with van der Waals surface area (Å²) in [5.74, 6) is 1.05. The molecule has 2 fully saturated rings. The normalized spacial score (nSPS) is 22.7. The summed E-state index contributed by atoms with van der Waals surface area (Å²) in [5.41, 5.74) is 1.42. The second-order valence-corrected chi connectivity index (χ2v) is 8.02. The summed E-state index contributed by atoms with van der Waals surface area (Å²) < 4.78 is 0. The van der Waals surface area contributed by atoms with Gasteiger partial charge in [0.15, 0.2) is 0 Å². The smallest absolute Gasteiger partial charge is 0.116 e. The number of hydrogen-bond donors (Lipinski definition) is 1. The lowest BCUT2D eigenvalue weighted by atomic mass is 9.89. The number of allylic oxidation sites excluding steroid dienone is 2. The standard InChI is InChI=1S/C19H24O2.C4H10.C3H9N.C2H4O/c1-2-9-16-17(19-14-18(16)20-21-19)13-8-4-7-12-15-10-5-3-6-11-15;2*1-3-4-2;1-2-3/h2-3,5-6,8,10-11,13,16-19H,1,4,7,9,12,14H2;3-4H2,1-2H3;4H,3H2,1-2H3;2H,1H3/b13-8+;;;/t16-,17?,18+,19-;;;/m1.../s1. The Morgan fingerprint density at radius 1 is 1.09 bits per heavy atom. The molecule has 1 saturated heterocycles. The van der Waals surface area contributed by atoms with Crippen LogP contribution in [0.3, 0.4) is 0 Å². The number of rotatable bonds is 9. The van der Waals surface area contributed by atoms with E-state index in [0.717, 1.165) is 38.5 Å². The molecule has 0 radical (unpaired) electrons. The fourth-order valence-corrected chi connectivity index (χ4v) is 3.53. The summed E-state index contributed by atoms with van der Waals surface area (Å²) in [6.07, 6.45) is 16.1. The fraction of sp³-hybridized carbons (Fsp3) is 0.607. The van der Waals surface area contributed by atoms with Crippen molar-refractivity contribution < 1.29 is 14.6 Å². The maximum Gasteiger partial charge on any atom is 0.116 e. The van der Waals surface area contributed by atoms with Gasteiger partial charge in [-0.05, 0) is 51.8 Å². The van der Waals surface area contributed by atoms with E-state index < -0.39 is 0 Å². The average molecular weight is 446 g/mol. The summed E-state index contributed by atoms with van der Waals surface area (Å²) in [5, 5.41) is 2.93. The summed E-state index contributed by atoms with van der Waals surface area (Å²) in [6.45, 7) is 12.8. The SMILES string of the molecule is C=CC[C@@H]1C(/C=C/CCCc2ccccc2)[C@H]2C[C@@H]1OO2.CC=O.CCCC.CCNC. The van der Waals surface area contributed by atoms with Gasteiger partial charge in [-0.1, -0.05) is 82.2 Å². The Hall–Kier alpha value is -1.75. The zero-order valence-electron chi connectivity index (χ0n) is 21.1. The summed E-state index contributed by atoms with van der Waals surface area (Å²) >= 11 is 0. The molecule has 1 heterocycles. The number of aldehydes is 1. The van der Waals surface area contributed by atoms with Crippen molar-refractivity contribution in [2.24, 2.45) is 11.8 Å². The van der Waals surface area contributed by atoms with Gasteiger partial charge in [0.2, 0.25) is 0 Å². The van der Waals surface area contributed by atoms with Gasteiger partial charge in [-0.3, -0.25) is 0 Å². The highest BCUT2D eigenvalue weighted by molar-refractivity contribution is 5.44. The van der Waals surface area contributed by atoms with Crippen LogP contribution in [0, 0.1) is 11.8 Å². The molecule has 2 aliphatic rings. The number of nitrogens with one attached hydrogen (secondary N) is 1. The van der Waals surface area contributed by atoms with Gasteiger partial charge in [-0.15, -0.1) is 6.58 Å². The maximum absolute atomic E-state index is 8.81. The highest BCUT2D eigenvalue weighted by atomic mass is 17.2. The van der Waals surface area contributed by atoms with Gasteiger partial charge in [-0.25, -0.2) is 9.78 Å². The van der Waals surface area contributed by atoms with Crippen LogP contribution in [0.1, 0.15) is 71.8 Å². The second-order valence-electron chi connectivity index (χ2n) is 8.02. The molecule has 1 N–H and O–H groups in total. The van der Waals surface area contributed by atoms with Gasteiger partial charge < -0.3 is 10.1 Å². The molecule has 1 aliphatic carbocycles. The fourth-order valence-electron chi connectivity index (χ4n) is 3.53. The minimum absolute atomic E-state index is 0.255. The molecule has 2 bridgehead atoms. The van der Waals surface area contributed by atoms with Crippen LogP contribution in [-0.2, 0) is 21.0 Å². The molecule has 1 aromatic rings. The third-order valence-corrected chi connectivity index (χ3v) is 5.50. The van der Waals surface area contributed by atoms with Gasteiger partial charge in [0, 0.05) is 18.3 Å². The largest absolute Gasteiger partial charge is 0.320 e. The van der Waals surface area contributed by atoms with Crippen LogP contribution in [0.25, 0.3) is 0 Å². The van der Waals surface area contributed by atoms with Crippen molar-refractivity contribution in [3.63, 3.8) is 0 Å². The molecule has 3 rings (SSSR count). The third kappa shape index (κ3) is 12.9. The summed E-state index contributed by atoms with van der Waals surface area (Å²) in [4.78, 5) is 19.5. The highest BCUT2D eigenvalue weighted by Gasteiger charge is 2.48. The number of unbranched alkanes of at least 4 members (excludes halogenated alkanes) is 2. The van der Waals surface area contributed by atoms with Crippen molar-refractivity contribution >= 4 is 6.29 Å². The molecule has 1 saturated carbocycles. The van der Waals surface area contributed by atoms with Crippen molar-refractivity contribution in [2.45, 2.75) is 84.8 Å². The molecule has 1 aromatic carbocycles. The number of carbonyl (C=O) groups is 1. The number of aryl methyl sites for hydroxylation is 1. The number of fused-ring (bicyclic) bond motifs is 2. The summed E-state index contributed by atoms with van der Waals surface area (Å²) in [7, 11) is 1.93. The van der Waals surface area contributed by atoms with Gasteiger partial charge >= 0.3 is 0 Å². The quantitative estimate of drug-likeness (QED) is 0.198. The monoisotopic (exact) mass is 445 g/mol. The molecule has 4 atom stereocenters. The second kappa shape index (κ2) is 21.1. The third-order valence-electron chi connectivity index (χ3n) is 5.50. The minimum atomic E-state index is 0.255. The zero-order chi connectivity index (χ0) is 24.0. The van der Waals surface area contributed by atoms with Gasteiger partial charge in [0.25, 0.3) is 0 Å². The molecule has 1 aliphatic heterocycles. The molecule has 182 valence electrons. The van der Waals surface area contributed by atoms with Crippen LogP contribution >= 0.6 is 0 Å². The van der Waals surface area contributed by atoms with Crippen LogP contribution in [-0.4, -0.2) is 32.1 Å². The van der Waals surface area contributed by atoms with Crippen molar-refractivity contribution in [3.8, 4) is 0 Å². The first kappa shape index (κ1) is 30.2. The Labute approximate surface area is 197 Å². The molecule has 0 aromatic heterocycles. The van der Waals surface area contributed by atoms with Crippen molar-refractivity contribution in [1.29, 1.82) is 0 Å². The maximum atomic E-state index is 8.81. The van der Waals surface area contributed by atoms with E-state index in [9.17, 15) is 0 Å². The van der Waals surface area contributed by atoms with Crippen molar-refractivity contribution in [1.82, 2.24) is 5.32 Å². The number of hydrogen-bond acceptors (Lipinski definition) is 4. The Balaban J connectivity index is 0.000000736. The summed E-state index contributed by atoms with van der Waals surface area (Å²) in [6, 6.07) is 10.7. The van der Waals surface area contributed by atoms with Crippen molar-refractivity contribution in [2.75, 3.05) is 13.6 Å². The van der Waals surface area contributed by atoms with Crippen LogP contribution in [0.15, 0.2) is 55.1 Å². The first-order valence-corrected chi connectivity index (χ1v) is 12.3. The highest BCUT2D eigenvalue weighted by Crippen LogP contribution is 2.44. The number of carbonyl (C=O) groups excluding carboxylic acids is 1. The molecule has 4 nitrogen and oxygen atoms in total. The van der Waals surface area contributed by atoms with Gasteiger partial charge in [0.1, 0.15) is 12.4 Å². The lowest BCUT2D eigenvalue weighted by molar-refractivity contribution is -0.336. The molecule has 0 spiro atoms. The van der Waals surface area contributed by atoms with Crippen LogP contribution in [0.4, 0.5) is 0 Å². The van der Waals surface area contributed by atoms with E-state index in [0.29, 0.717) is 11.8 Å². The molecular weight excluding hydrogens is 398 g/mol. The Bertz CT molecular complexity index is 580. The average Bonchev–Trinajstić information content (AvgIpc) is 3.43. The van der Waals surface area contributed by atoms with E-state index in [1.807, 2.05) is 13.1 Å². The van der Waals surface area contributed by atoms with Gasteiger partial charge in [-0.2, -0.15) is 0 Å². The topological polar surface area (TPSA) is 47.6 Å². The number of benzene rings is 1. The Morgan fingerprint density at radius 3 is 2.22 bits per heavy atom. The van der Waals surface area contributed by atoms with E-state index in [-0.39, 0.29) is 12.2 Å². The lowest BCUT2D eigenvalue weighted by Crippen LogP contribution is -2.28. The van der Waals surface area contributed by atoms with E-state index in [1.54, 1.807) is 0 Å². The van der Waals surface area contributed by atoms with Crippen molar-refractivity contribution in [3.05, 3.63) is 60.7 Å². The van der Waals surface area contributed by atoms with Crippen LogP contribution in [0.2, 0.25) is 0 Å². The zero-order valence-corrected chi connectivity index (χ0v) is 21.1. The Kier molecular flexibility index (Phi) is 20.0. The lowest BCUT2D eigenvalue weighted by Gasteiger charge is -2.27. The minimum Gasteiger partial charge on any atom is -0.320 e. The predicted molar refractivity (Wildman–Crippen MR) is 137 cm³/mol. The first-order chi connectivity index (χ1) is 15.6. The molecular formula is C28H47NO3. The Morgan fingerprint density at radius 2 is 1.69 bits per heavy atom. The molecule has 0 amide bonds. The molecule has 32 heavy (non-hydrogen) atoms. The predicted octanol–water partition coefficient (Wildman–Crippen LogP) is 6.71. The molecule has 1 unspecified atom stereocenters. The van der Waals surface area contributed by atoms with Gasteiger partial charge in [0.05, 0.1) is 6.10 Å². The van der Waals surface area contributed by atoms with Crippen LogP contribution < -0.4 is 5.32 Å². The molecule has 4 heteroatoms. The van der Waals surface area contributed by atoms with E-state index in [4.69, 9.17) is 14.6 Å². The van der Waals surface area contributed by atoms with Crippen LogP contribution in [0.5, 0.6) is 0 Å². The van der Waals surface area contributed by atoms with E-state index in [2.05, 4.69) is 75.2 Å². The van der Waals surface area contributed by atoms with E-state index in [1.165, 1.54) is 31.7 Å². The van der Waals surface area contributed by atoms with E-state index >= 15 is 0 Å².